The van der Waals surface area contributed by atoms with Gasteiger partial charge in [-0.2, -0.15) is 32.2 Å². The Morgan fingerprint density at radius 3 is 2.18 bits per heavy atom. The van der Waals surface area contributed by atoms with Gasteiger partial charge in [-0.3, -0.25) is 4.98 Å². The standard InChI is InChI=1S/C24H20F7N5O2/c1-14(35-32)36-34-12-22(37,19-8-5-17(25)10-20(19)26)24(30,31)21-9-4-16(11-33-21)15-2-6-18(7-3-15)38-13-23(27,28)29/h2-11,37H,12-13,32H2,1H3/b35-14-,36-34?. The van der Waals surface area contributed by atoms with Crippen molar-refractivity contribution in [3.05, 3.63) is 83.7 Å². The number of aliphatic hydroxyl groups is 1. The van der Waals surface area contributed by atoms with E-state index in [4.69, 9.17) is 5.84 Å². The lowest BCUT2D eigenvalue weighted by Crippen LogP contribution is -2.47. The number of pyridine rings is 1. The highest BCUT2D eigenvalue weighted by Gasteiger charge is 2.57. The summed E-state index contributed by atoms with van der Waals surface area (Å²) in [6.07, 6.45) is -3.48. The fourth-order valence-electron chi connectivity index (χ4n) is 3.32. The van der Waals surface area contributed by atoms with Crippen LogP contribution in [-0.4, -0.2) is 35.3 Å². The van der Waals surface area contributed by atoms with Crippen LogP contribution < -0.4 is 10.6 Å². The molecule has 0 fully saturated rings. The number of rotatable bonds is 8. The van der Waals surface area contributed by atoms with Crippen LogP contribution >= 0.6 is 0 Å². The van der Waals surface area contributed by atoms with Gasteiger partial charge in [0.2, 0.25) is 0 Å². The molecule has 0 aliphatic heterocycles. The second kappa shape index (κ2) is 11.1. The van der Waals surface area contributed by atoms with E-state index in [9.17, 15) is 27.1 Å². The predicted molar refractivity (Wildman–Crippen MR) is 122 cm³/mol. The average molecular weight is 543 g/mol. The first-order valence-corrected chi connectivity index (χ1v) is 10.7. The highest BCUT2D eigenvalue weighted by atomic mass is 19.4. The molecule has 7 nitrogen and oxygen atoms in total. The number of hydrazone groups is 1. The Labute approximate surface area is 211 Å². The zero-order valence-corrected chi connectivity index (χ0v) is 19.6. The van der Waals surface area contributed by atoms with Crippen molar-refractivity contribution in [2.45, 2.75) is 24.6 Å². The molecule has 38 heavy (non-hydrogen) atoms. The van der Waals surface area contributed by atoms with E-state index in [2.05, 4.69) is 25.1 Å². The molecule has 1 heterocycles. The summed E-state index contributed by atoms with van der Waals surface area (Å²) in [5.41, 5.74) is -4.56. The monoisotopic (exact) mass is 543 g/mol. The molecule has 0 aliphatic rings. The maximum Gasteiger partial charge on any atom is 0.422 e. The van der Waals surface area contributed by atoms with Crippen LogP contribution in [0, 0.1) is 11.6 Å². The van der Waals surface area contributed by atoms with Crippen molar-refractivity contribution >= 4 is 5.84 Å². The van der Waals surface area contributed by atoms with Gasteiger partial charge in [-0.15, -0.1) is 5.11 Å². The Bertz CT molecular complexity index is 1310. The predicted octanol–water partition coefficient (Wildman–Crippen LogP) is 5.69. The van der Waals surface area contributed by atoms with Crippen molar-refractivity contribution in [2.24, 2.45) is 21.2 Å². The van der Waals surface area contributed by atoms with Gasteiger partial charge in [-0.05, 0) is 42.8 Å². The van der Waals surface area contributed by atoms with Gasteiger partial charge in [0.15, 0.2) is 18.0 Å². The van der Waals surface area contributed by atoms with Gasteiger partial charge in [-0.25, -0.2) is 8.78 Å². The number of alkyl halides is 5. The molecule has 202 valence electrons. The van der Waals surface area contributed by atoms with Crippen molar-refractivity contribution in [2.75, 3.05) is 13.2 Å². The van der Waals surface area contributed by atoms with E-state index >= 15 is 8.78 Å². The number of amidine groups is 1. The Hall–Kier alpha value is -4.07. The summed E-state index contributed by atoms with van der Waals surface area (Å²) in [5, 5.41) is 21.2. The number of hydrogen-bond donors (Lipinski definition) is 2. The normalized spacial score (nSPS) is 14.5. The number of nitrogens with zero attached hydrogens (tertiary/aromatic N) is 4. The fraction of sp³-hybridized carbons (Fsp3) is 0.250. The third-order valence-corrected chi connectivity index (χ3v) is 5.27. The van der Waals surface area contributed by atoms with E-state index in [0.717, 1.165) is 12.3 Å². The summed E-state index contributed by atoms with van der Waals surface area (Å²) < 4.78 is 101. The van der Waals surface area contributed by atoms with Crippen LogP contribution in [0.2, 0.25) is 0 Å². The van der Waals surface area contributed by atoms with E-state index in [0.29, 0.717) is 29.3 Å². The van der Waals surface area contributed by atoms with E-state index < -0.39 is 53.7 Å². The van der Waals surface area contributed by atoms with Crippen LogP contribution in [-0.2, 0) is 11.5 Å². The Balaban J connectivity index is 1.93. The number of nitrogens with two attached hydrogens (primary N) is 1. The Kier molecular flexibility index (Phi) is 8.35. The second-order valence-corrected chi connectivity index (χ2v) is 8.00. The molecule has 0 saturated heterocycles. The molecule has 14 heteroatoms. The summed E-state index contributed by atoms with van der Waals surface area (Å²) in [4.78, 5) is 3.71. The quantitative estimate of drug-likeness (QED) is 0.0951. The molecule has 3 aromatic rings. The van der Waals surface area contributed by atoms with Crippen LogP contribution in [0.3, 0.4) is 0 Å². The van der Waals surface area contributed by atoms with Crippen LogP contribution in [0.5, 0.6) is 5.75 Å². The molecule has 0 amide bonds. The molecule has 3 N–H and O–H groups in total. The van der Waals surface area contributed by atoms with Gasteiger partial charge in [-0.1, -0.05) is 18.2 Å². The molecule has 0 bridgehead atoms. The Morgan fingerprint density at radius 2 is 1.63 bits per heavy atom. The molecule has 1 aromatic heterocycles. The first-order valence-electron chi connectivity index (χ1n) is 10.7. The summed E-state index contributed by atoms with van der Waals surface area (Å²) >= 11 is 0. The van der Waals surface area contributed by atoms with Crippen molar-refractivity contribution in [1.29, 1.82) is 0 Å². The zero-order chi connectivity index (χ0) is 28.1. The van der Waals surface area contributed by atoms with E-state index in [-0.39, 0.29) is 11.6 Å². The van der Waals surface area contributed by atoms with E-state index in [1.54, 1.807) is 0 Å². The van der Waals surface area contributed by atoms with Crippen LogP contribution in [0.4, 0.5) is 30.7 Å². The largest absolute Gasteiger partial charge is 0.484 e. The molecule has 2 aromatic carbocycles. The number of ether oxygens (including phenoxy) is 1. The first kappa shape index (κ1) is 28.5. The molecule has 3 rings (SSSR count). The summed E-state index contributed by atoms with van der Waals surface area (Å²) in [5.74, 6) is -1.94. The smallest absolute Gasteiger partial charge is 0.422 e. The number of halogens is 7. The Morgan fingerprint density at radius 1 is 0.974 bits per heavy atom. The van der Waals surface area contributed by atoms with Gasteiger partial charge >= 0.3 is 12.1 Å². The van der Waals surface area contributed by atoms with Crippen molar-refractivity contribution < 1.29 is 40.6 Å². The lowest BCUT2D eigenvalue weighted by molar-refractivity contribution is -0.193. The lowest BCUT2D eigenvalue weighted by Gasteiger charge is -2.34. The molecule has 0 saturated carbocycles. The highest BCUT2D eigenvalue weighted by Crippen LogP contribution is 2.46. The topological polar surface area (TPSA) is 105 Å². The molecule has 1 unspecified atom stereocenters. The number of benzene rings is 2. The average Bonchev–Trinajstić information content (AvgIpc) is 2.87. The third kappa shape index (κ3) is 6.43. The van der Waals surface area contributed by atoms with Gasteiger partial charge in [0.05, 0.1) is 6.54 Å². The molecular formula is C24H20F7N5O2. The minimum absolute atomic E-state index is 0.0577. The minimum Gasteiger partial charge on any atom is -0.484 e. The van der Waals surface area contributed by atoms with Crippen molar-refractivity contribution in [3.8, 4) is 16.9 Å². The van der Waals surface area contributed by atoms with E-state index in [1.807, 2.05) is 0 Å². The first-order chi connectivity index (χ1) is 17.8. The summed E-state index contributed by atoms with van der Waals surface area (Å²) in [6.45, 7) is -1.35. The number of azo groups is 1. The van der Waals surface area contributed by atoms with Crippen LogP contribution in [0.25, 0.3) is 11.1 Å². The number of hydrogen-bond acceptors (Lipinski definition) is 6. The molecule has 0 aliphatic carbocycles. The second-order valence-electron chi connectivity index (χ2n) is 8.00. The third-order valence-electron chi connectivity index (χ3n) is 5.27. The van der Waals surface area contributed by atoms with Crippen LogP contribution in [0.15, 0.2) is 76.1 Å². The minimum atomic E-state index is -4.51. The van der Waals surface area contributed by atoms with Crippen LogP contribution in [0.1, 0.15) is 18.2 Å². The zero-order valence-electron chi connectivity index (χ0n) is 19.6. The van der Waals surface area contributed by atoms with Crippen molar-refractivity contribution in [3.63, 3.8) is 0 Å². The molecule has 0 radical (unpaired) electrons. The van der Waals surface area contributed by atoms with Crippen molar-refractivity contribution in [1.82, 2.24) is 4.98 Å². The summed E-state index contributed by atoms with van der Waals surface area (Å²) in [7, 11) is 0. The highest BCUT2D eigenvalue weighted by molar-refractivity contribution is 5.79. The van der Waals surface area contributed by atoms with Gasteiger partial charge in [0, 0.05) is 23.4 Å². The maximum absolute atomic E-state index is 15.7. The lowest BCUT2D eigenvalue weighted by atomic mass is 9.84. The molecular weight excluding hydrogens is 523 g/mol. The maximum atomic E-state index is 15.7. The molecule has 0 spiro atoms. The van der Waals surface area contributed by atoms with Gasteiger partial charge < -0.3 is 15.7 Å². The summed E-state index contributed by atoms with van der Waals surface area (Å²) in [6, 6.07) is 9.10. The van der Waals surface area contributed by atoms with Gasteiger partial charge in [0.25, 0.3) is 0 Å². The number of aromatic nitrogens is 1. The SMILES string of the molecule is C/C(N=NCC(O)(c1ccc(F)cc1F)C(F)(F)c1ccc(-c2ccc(OCC(F)(F)F)cc2)cn1)=N/N. The van der Waals surface area contributed by atoms with E-state index in [1.165, 1.54) is 37.3 Å². The van der Waals surface area contributed by atoms with Gasteiger partial charge in [0.1, 0.15) is 23.1 Å². The molecule has 1 atom stereocenters. The fourth-order valence-corrected chi connectivity index (χ4v) is 3.32.